The molecule has 0 aromatic carbocycles. The lowest BCUT2D eigenvalue weighted by atomic mass is 10.1. The van der Waals surface area contributed by atoms with Crippen LogP contribution in [0, 0.1) is 0 Å². The third-order valence-electron chi connectivity index (χ3n) is 3.60. The van der Waals surface area contributed by atoms with Crippen molar-refractivity contribution in [2.45, 2.75) is 52.4 Å². The van der Waals surface area contributed by atoms with E-state index in [1.807, 2.05) is 43.5 Å². The largest absolute Gasteiger partial charge is 0.333 e. The van der Waals surface area contributed by atoms with Crippen molar-refractivity contribution >= 4 is 29.2 Å². The number of aromatic nitrogens is 1. The van der Waals surface area contributed by atoms with Gasteiger partial charge in [-0.15, -0.1) is 0 Å². The van der Waals surface area contributed by atoms with Crippen molar-refractivity contribution in [1.29, 1.82) is 0 Å². The quantitative estimate of drug-likeness (QED) is 0.245. The highest BCUT2D eigenvalue weighted by atomic mass is 32.1. The number of hydrogen-bond acceptors (Lipinski definition) is 3. The fourth-order valence-corrected chi connectivity index (χ4v) is 2.44. The lowest BCUT2D eigenvalue weighted by molar-refractivity contribution is 0.613. The number of hydrogen-bond donors (Lipinski definition) is 2. The molecule has 0 atom stereocenters. The first-order valence-electron chi connectivity index (χ1n) is 9.07. The maximum atomic E-state index is 5.30. The maximum absolute atomic E-state index is 5.30. The molecule has 5 heteroatoms. The van der Waals surface area contributed by atoms with Crippen molar-refractivity contribution in [2.75, 3.05) is 11.9 Å². The summed E-state index contributed by atoms with van der Waals surface area (Å²) in [5.41, 5.74) is 1.78. The molecule has 0 saturated carbocycles. The minimum atomic E-state index is 0.537. The second-order valence-corrected chi connectivity index (χ2v) is 6.16. The fourth-order valence-electron chi connectivity index (χ4n) is 2.21. The van der Waals surface area contributed by atoms with Crippen molar-refractivity contribution < 1.29 is 0 Å². The highest BCUT2D eigenvalue weighted by Crippen LogP contribution is 2.05. The van der Waals surface area contributed by atoms with Gasteiger partial charge < -0.3 is 10.6 Å². The fraction of sp³-hybridized carbons (Fsp3) is 0.450. The van der Waals surface area contributed by atoms with Gasteiger partial charge in [0.25, 0.3) is 0 Å². The van der Waals surface area contributed by atoms with Crippen LogP contribution in [0.2, 0.25) is 0 Å². The summed E-state index contributed by atoms with van der Waals surface area (Å²) in [7, 11) is 0. The Morgan fingerprint density at radius 2 is 2.04 bits per heavy atom. The van der Waals surface area contributed by atoms with Gasteiger partial charge in [0, 0.05) is 24.7 Å². The molecule has 0 amide bonds. The summed E-state index contributed by atoms with van der Waals surface area (Å²) in [6.07, 6.45) is 18.9. The number of rotatable bonds is 11. The SMILES string of the molecule is C\C=C(/C=C\C=N\CCCCCCCC)NC(=S)Nc1cccnc1. The van der Waals surface area contributed by atoms with E-state index in [0.717, 1.165) is 17.9 Å². The zero-order valence-corrected chi connectivity index (χ0v) is 16.2. The van der Waals surface area contributed by atoms with E-state index in [0.29, 0.717) is 5.11 Å². The van der Waals surface area contributed by atoms with Crippen LogP contribution in [-0.2, 0) is 0 Å². The zero-order valence-electron chi connectivity index (χ0n) is 15.4. The molecule has 0 fully saturated rings. The van der Waals surface area contributed by atoms with Crippen LogP contribution in [0.15, 0.2) is 53.4 Å². The van der Waals surface area contributed by atoms with Crippen molar-refractivity contribution in [3.8, 4) is 0 Å². The minimum Gasteiger partial charge on any atom is -0.333 e. The average Bonchev–Trinajstić information content (AvgIpc) is 2.63. The van der Waals surface area contributed by atoms with Crippen LogP contribution < -0.4 is 10.6 Å². The molecule has 0 saturated heterocycles. The summed E-state index contributed by atoms with van der Waals surface area (Å²) in [5, 5.41) is 6.78. The molecule has 0 bridgehead atoms. The van der Waals surface area contributed by atoms with E-state index in [4.69, 9.17) is 12.2 Å². The Bertz CT molecular complexity index is 564. The van der Waals surface area contributed by atoms with E-state index in [9.17, 15) is 0 Å². The van der Waals surface area contributed by atoms with E-state index in [2.05, 4.69) is 27.5 Å². The van der Waals surface area contributed by atoms with Gasteiger partial charge in [-0.1, -0.05) is 45.1 Å². The van der Waals surface area contributed by atoms with Crippen molar-refractivity contribution in [2.24, 2.45) is 4.99 Å². The summed E-state index contributed by atoms with van der Waals surface area (Å²) in [4.78, 5) is 8.47. The molecule has 0 radical (unpaired) electrons. The van der Waals surface area contributed by atoms with Crippen LogP contribution in [0.3, 0.4) is 0 Å². The second kappa shape index (κ2) is 14.3. The van der Waals surface area contributed by atoms with E-state index in [1.54, 1.807) is 12.4 Å². The molecule has 1 heterocycles. The van der Waals surface area contributed by atoms with Gasteiger partial charge >= 0.3 is 0 Å². The summed E-state index contributed by atoms with van der Waals surface area (Å²) >= 11 is 5.30. The van der Waals surface area contributed by atoms with Crippen molar-refractivity contribution in [1.82, 2.24) is 10.3 Å². The molecule has 1 aromatic rings. The Morgan fingerprint density at radius 3 is 2.76 bits per heavy atom. The molecule has 1 aromatic heterocycles. The molecule has 0 unspecified atom stereocenters. The van der Waals surface area contributed by atoms with Crippen LogP contribution in [-0.4, -0.2) is 22.9 Å². The lowest BCUT2D eigenvalue weighted by Crippen LogP contribution is -2.27. The highest BCUT2D eigenvalue weighted by molar-refractivity contribution is 7.80. The van der Waals surface area contributed by atoms with Crippen LogP contribution in [0.25, 0.3) is 0 Å². The molecule has 4 nitrogen and oxygen atoms in total. The number of unbranched alkanes of at least 4 members (excludes halogenated alkanes) is 5. The molecule has 0 aliphatic carbocycles. The van der Waals surface area contributed by atoms with Crippen LogP contribution >= 0.6 is 12.2 Å². The summed E-state index contributed by atoms with van der Waals surface area (Å²) in [6.45, 7) is 5.11. The first-order chi connectivity index (χ1) is 12.3. The van der Waals surface area contributed by atoms with Gasteiger partial charge in [-0.25, -0.2) is 0 Å². The van der Waals surface area contributed by atoms with Crippen molar-refractivity contribution in [3.63, 3.8) is 0 Å². The molecular formula is C20H30N4S. The zero-order chi connectivity index (χ0) is 18.2. The molecule has 0 spiro atoms. The number of allylic oxidation sites excluding steroid dienone is 3. The third kappa shape index (κ3) is 11.2. The van der Waals surface area contributed by atoms with Gasteiger partial charge in [0.1, 0.15) is 0 Å². The Morgan fingerprint density at radius 1 is 1.24 bits per heavy atom. The van der Waals surface area contributed by atoms with Gasteiger partial charge in [0.15, 0.2) is 5.11 Å². The number of nitrogens with zero attached hydrogens (tertiary/aromatic N) is 2. The molecule has 2 N–H and O–H groups in total. The maximum Gasteiger partial charge on any atom is 0.175 e. The third-order valence-corrected chi connectivity index (χ3v) is 3.80. The topological polar surface area (TPSA) is 49.3 Å². The molecule has 0 aliphatic rings. The summed E-state index contributed by atoms with van der Waals surface area (Å²) < 4.78 is 0. The average molecular weight is 359 g/mol. The number of thiocarbonyl (C=S) groups is 1. The van der Waals surface area contributed by atoms with E-state index < -0.39 is 0 Å². The first kappa shape index (κ1) is 21.0. The second-order valence-electron chi connectivity index (χ2n) is 5.75. The standard InChI is InChI=1S/C20H30N4S/c1-3-5-6-7-8-9-14-21-15-10-12-18(4-2)23-20(25)24-19-13-11-16-22-17-19/h4,10-13,15-17H,3,5-9,14H2,1-2H3,(H2,23,24,25)/b12-10-,18-4+,21-15+. The summed E-state index contributed by atoms with van der Waals surface area (Å²) in [5.74, 6) is 0. The number of nitrogens with one attached hydrogen (secondary N) is 2. The molecule has 25 heavy (non-hydrogen) atoms. The van der Waals surface area contributed by atoms with Crippen molar-refractivity contribution in [3.05, 3.63) is 48.5 Å². The van der Waals surface area contributed by atoms with E-state index >= 15 is 0 Å². The van der Waals surface area contributed by atoms with Gasteiger partial charge in [0.05, 0.1) is 11.9 Å². The Balaban J connectivity index is 2.23. The Labute approximate surface area is 157 Å². The normalized spacial score (nSPS) is 12.0. The molecular weight excluding hydrogens is 328 g/mol. The monoisotopic (exact) mass is 358 g/mol. The molecule has 136 valence electrons. The van der Waals surface area contributed by atoms with Crippen LogP contribution in [0.5, 0.6) is 0 Å². The van der Waals surface area contributed by atoms with E-state index in [1.165, 1.54) is 38.5 Å². The lowest BCUT2D eigenvalue weighted by Gasteiger charge is -2.10. The predicted octanol–water partition coefficient (Wildman–Crippen LogP) is 5.26. The molecule has 1 rings (SSSR count). The smallest absolute Gasteiger partial charge is 0.175 e. The van der Waals surface area contributed by atoms with Gasteiger partial charge in [0.2, 0.25) is 0 Å². The van der Waals surface area contributed by atoms with Crippen LogP contribution in [0.1, 0.15) is 52.4 Å². The number of pyridine rings is 1. The minimum absolute atomic E-state index is 0.537. The van der Waals surface area contributed by atoms with Gasteiger partial charge in [-0.3, -0.25) is 9.98 Å². The first-order valence-corrected chi connectivity index (χ1v) is 9.48. The number of anilines is 1. The van der Waals surface area contributed by atoms with Crippen LogP contribution in [0.4, 0.5) is 5.69 Å². The van der Waals surface area contributed by atoms with E-state index in [-0.39, 0.29) is 0 Å². The Hall–Kier alpha value is -2.01. The highest BCUT2D eigenvalue weighted by Gasteiger charge is 1.98. The summed E-state index contributed by atoms with van der Waals surface area (Å²) in [6, 6.07) is 3.78. The van der Waals surface area contributed by atoms with Gasteiger partial charge in [-0.05, 0) is 49.8 Å². The van der Waals surface area contributed by atoms with Gasteiger partial charge in [-0.2, -0.15) is 0 Å². The molecule has 0 aliphatic heterocycles. The number of aliphatic imine (C=N–C) groups is 1. The Kier molecular flexibility index (Phi) is 12.1. The predicted molar refractivity (Wildman–Crippen MR) is 113 cm³/mol.